The van der Waals surface area contributed by atoms with Crippen molar-refractivity contribution in [3.8, 4) is 0 Å². The molecule has 1 N–H and O–H groups in total. The maximum Gasteiger partial charge on any atom is 0.320 e. The first kappa shape index (κ1) is 14.8. The SMILES string of the molecule is CC(C)(C)NCC(=O)OC1CC2CCC1(C)C2(C)C. The highest BCUT2D eigenvalue weighted by Gasteiger charge is 2.62. The topological polar surface area (TPSA) is 38.3 Å². The van der Waals surface area contributed by atoms with Crippen molar-refractivity contribution in [3.63, 3.8) is 0 Å². The molecule has 2 aliphatic carbocycles. The Balaban J connectivity index is 1.93. The maximum atomic E-state index is 12.0. The summed E-state index contributed by atoms with van der Waals surface area (Å²) in [5.41, 5.74) is 0.418. The smallest absolute Gasteiger partial charge is 0.320 e. The van der Waals surface area contributed by atoms with Crippen molar-refractivity contribution in [1.82, 2.24) is 5.32 Å². The lowest BCUT2D eigenvalue weighted by Crippen LogP contribution is -2.43. The van der Waals surface area contributed by atoms with Gasteiger partial charge in [0.15, 0.2) is 0 Å². The van der Waals surface area contributed by atoms with Crippen molar-refractivity contribution >= 4 is 5.97 Å². The van der Waals surface area contributed by atoms with Crippen molar-refractivity contribution in [2.75, 3.05) is 6.54 Å². The van der Waals surface area contributed by atoms with Crippen molar-refractivity contribution < 1.29 is 9.53 Å². The van der Waals surface area contributed by atoms with Crippen molar-refractivity contribution in [2.24, 2.45) is 16.7 Å². The lowest BCUT2D eigenvalue weighted by molar-refractivity contribution is -0.156. The molecule has 3 atom stereocenters. The van der Waals surface area contributed by atoms with Gasteiger partial charge in [0.1, 0.15) is 6.10 Å². The van der Waals surface area contributed by atoms with Crippen molar-refractivity contribution in [1.29, 1.82) is 0 Å². The van der Waals surface area contributed by atoms with Crippen molar-refractivity contribution in [3.05, 3.63) is 0 Å². The molecule has 0 spiro atoms. The lowest BCUT2D eigenvalue weighted by atomic mass is 9.70. The zero-order valence-electron chi connectivity index (χ0n) is 13.3. The third-order valence-corrected chi connectivity index (χ3v) is 5.75. The van der Waals surface area contributed by atoms with E-state index < -0.39 is 0 Å². The van der Waals surface area contributed by atoms with Crippen LogP contribution < -0.4 is 5.32 Å². The molecule has 2 fully saturated rings. The molecule has 0 aromatic heterocycles. The van der Waals surface area contributed by atoms with E-state index in [1.165, 1.54) is 12.8 Å². The molecule has 3 nitrogen and oxygen atoms in total. The average Bonchev–Trinajstić information content (AvgIpc) is 2.58. The van der Waals surface area contributed by atoms with Crippen LogP contribution in [0.25, 0.3) is 0 Å². The fourth-order valence-corrected chi connectivity index (χ4v) is 3.85. The highest BCUT2D eigenvalue weighted by molar-refractivity contribution is 5.72. The molecule has 2 rings (SSSR count). The van der Waals surface area contributed by atoms with Gasteiger partial charge < -0.3 is 10.1 Å². The monoisotopic (exact) mass is 267 g/mol. The summed E-state index contributed by atoms with van der Waals surface area (Å²) in [6.07, 6.45) is 3.63. The van der Waals surface area contributed by atoms with E-state index >= 15 is 0 Å². The minimum Gasteiger partial charge on any atom is -0.461 e. The van der Waals surface area contributed by atoms with Crippen LogP contribution in [-0.2, 0) is 9.53 Å². The Morgan fingerprint density at radius 3 is 2.37 bits per heavy atom. The number of hydrogen-bond acceptors (Lipinski definition) is 3. The van der Waals surface area contributed by atoms with Gasteiger partial charge in [-0.1, -0.05) is 20.8 Å². The quantitative estimate of drug-likeness (QED) is 0.798. The van der Waals surface area contributed by atoms with E-state index in [2.05, 4.69) is 46.9 Å². The molecule has 2 saturated carbocycles. The molecule has 0 aromatic carbocycles. The summed E-state index contributed by atoms with van der Waals surface area (Å²) >= 11 is 0. The van der Waals surface area contributed by atoms with E-state index in [0.717, 1.165) is 6.42 Å². The number of carbonyl (C=O) groups excluding carboxylic acids is 1. The molecule has 0 aliphatic heterocycles. The first-order valence-electron chi connectivity index (χ1n) is 7.51. The molecular formula is C16H29NO2. The molecule has 0 saturated heterocycles. The number of carbonyl (C=O) groups is 1. The predicted octanol–water partition coefficient (Wildman–Crippen LogP) is 3.13. The molecule has 2 bridgehead atoms. The normalized spacial score (nSPS) is 36.5. The molecule has 2 aliphatic rings. The fourth-order valence-electron chi connectivity index (χ4n) is 3.85. The standard InChI is InChI=1S/C16H29NO2/c1-14(2,3)17-10-13(18)19-12-9-11-7-8-16(12,6)15(11,4)5/h11-12,17H,7-10H2,1-6H3. The van der Waals surface area contributed by atoms with Gasteiger partial charge in [-0.2, -0.15) is 0 Å². The van der Waals surface area contributed by atoms with Gasteiger partial charge in [-0.15, -0.1) is 0 Å². The molecule has 3 unspecified atom stereocenters. The zero-order valence-corrected chi connectivity index (χ0v) is 13.3. The van der Waals surface area contributed by atoms with Crippen LogP contribution >= 0.6 is 0 Å². The van der Waals surface area contributed by atoms with Gasteiger partial charge in [0.25, 0.3) is 0 Å². The summed E-state index contributed by atoms with van der Waals surface area (Å²) in [4.78, 5) is 12.0. The van der Waals surface area contributed by atoms with Crippen LogP contribution in [0.3, 0.4) is 0 Å². The van der Waals surface area contributed by atoms with E-state index in [9.17, 15) is 4.79 Å². The van der Waals surface area contributed by atoms with Gasteiger partial charge in [0, 0.05) is 11.0 Å². The number of nitrogens with one attached hydrogen (secondary N) is 1. The maximum absolute atomic E-state index is 12.0. The fraction of sp³-hybridized carbons (Fsp3) is 0.938. The summed E-state index contributed by atoms with van der Waals surface area (Å²) in [5, 5.41) is 3.20. The Kier molecular flexibility index (Phi) is 3.49. The van der Waals surface area contributed by atoms with Gasteiger partial charge in [-0.3, -0.25) is 4.79 Å². The molecule has 0 aromatic rings. The van der Waals surface area contributed by atoms with E-state index in [-0.39, 0.29) is 23.0 Å². The largest absolute Gasteiger partial charge is 0.461 e. The Bertz CT molecular complexity index is 369. The van der Waals surface area contributed by atoms with E-state index in [1.54, 1.807) is 0 Å². The number of esters is 1. The highest BCUT2D eigenvalue weighted by atomic mass is 16.5. The molecule has 0 heterocycles. The third-order valence-electron chi connectivity index (χ3n) is 5.75. The zero-order chi connectivity index (χ0) is 14.5. The van der Waals surface area contributed by atoms with Crippen LogP contribution in [0.5, 0.6) is 0 Å². The van der Waals surface area contributed by atoms with E-state index in [0.29, 0.717) is 17.9 Å². The summed E-state index contributed by atoms with van der Waals surface area (Å²) in [5.74, 6) is 0.607. The second-order valence-electron chi connectivity index (χ2n) is 8.19. The Hall–Kier alpha value is -0.570. The minimum atomic E-state index is -0.107. The molecule has 110 valence electrons. The number of hydrogen-bond donors (Lipinski definition) is 1. The first-order chi connectivity index (χ1) is 8.56. The summed E-state index contributed by atoms with van der Waals surface area (Å²) < 4.78 is 5.78. The van der Waals surface area contributed by atoms with E-state index in [4.69, 9.17) is 4.74 Å². The van der Waals surface area contributed by atoms with Gasteiger partial charge in [-0.05, 0) is 51.4 Å². The van der Waals surface area contributed by atoms with Crippen LogP contribution in [0.15, 0.2) is 0 Å². The molecular weight excluding hydrogens is 238 g/mol. The molecule has 3 heteroatoms. The summed E-state index contributed by atoms with van der Waals surface area (Å²) in [7, 11) is 0. The molecule has 0 radical (unpaired) electrons. The third kappa shape index (κ3) is 2.54. The number of ether oxygens (including phenoxy) is 1. The Morgan fingerprint density at radius 1 is 1.32 bits per heavy atom. The number of fused-ring (bicyclic) bond motifs is 2. The van der Waals surface area contributed by atoms with E-state index in [1.807, 2.05) is 0 Å². The highest BCUT2D eigenvalue weighted by Crippen LogP contribution is 2.66. The van der Waals surface area contributed by atoms with Crippen LogP contribution in [0.1, 0.15) is 60.8 Å². The molecule has 0 amide bonds. The van der Waals surface area contributed by atoms with Crippen LogP contribution in [-0.4, -0.2) is 24.2 Å². The summed E-state index contributed by atoms with van der Waals surface area (Å²) in [6.45, 7) is 13.5. The van der Waals surface area contributed by atoms with Gasteiger partial charge >= 0.3 is 5.97 Å². The predicted molar refractivity (Wildman–Crippen MR) is 76.9 cm³/mol. The second kappa shape index (κ2) is 4.47. The lowest BCUT2D eigenvalue weighted by Gasteiger charge is -2.38. The average molecular weight is 267 g/mol. The van der Waals surface area contributed by atoms with Crippen LogP contribution in [0, 0.1) is 16.7 Å². The van der Waals surface area contributed by atoms with Crippen LogP contribution in [0.4, 0.5) is 0 Å². The minimum absolute atomic E-state index is 0.0448. The summed E-state index contributed by atoms with van der Waals surface area (Å²) in [6, 6.07) is 0. The Labute approximate surface area is 117 Å². The second-order valence-corrected chi connectivity index (χ2v) is 8.19. The Morgan fingerprint density at radius 2 is 1.95 bits per heavy atom. The van der Waals surface area contributed by atoms with Crippen LogP contribution in [0.2, 0.25) is 0 Å². The van der Waals surface area contributed by atoms with Crippen molar-refractivity contribution in [2.45, 2.75) is 72.4 Å². The van der Waals surface area contributed by atoms with Gasteiger partial charge in [0.05, 0.1) is 6.54 Å². The van der Waals surface area contributed by atoms with Gasteiger partial charge in [0.2, 0.25) is 0 Å². The molecule has 19 heavy (non-hydrogen) atoms. The van der Waals surface area contributed by atoms with Gasteiger partial charge in [-0.25, -0.2) is 0 Å². The first-order valence-corrected chi connectivity index (χ1v) is 7.51. The number of rotatable bonds is 3.